The summed E-state index contributed by atoms with van der Waals surface area (Å²) in [4.78, 5) is 35.9. The van der Waals surface area contributed by atoms with Crippen LogP contribution in [-0.4, -0.2) is 32.1 Å². The van der Waals surface area contributed by atoms with E-state index in [9.17, 15) is 14.4 Å². The lowest BCUT2D eigenvalue weighted by Crippen LogP contribution is -2.29. The highest BCUT2D eigenvalue weighted by Gasteiger charge is 2.32. The average Bonchev–Trinajstić information content (AvgIpc) is 2.71. The number of methoxy groups -OCH3 is 2. The Kier molecular flexibility index (Phi) is 5.74. The highest BCUT2D eigenvalue weighted by atomic mass is 16.6. The normalized spacial score (nSPS) is 15.5. The Balaban J connectivity index is 1.82. The molecule has 0 spiro atoms. The van der Waals surface area contributed by atoms with Crippen LogP contribution >= 0.6 is 0 Å². The van der Waals surface area contributed by atoms with Gasteiger partial charge in [0, 0.05) is 18.2 Å². The van der Waals surface area contributed by atoms with Gasteiger partial charge in [-0.15, -0.1) is 0 Å². The summed E-state index contributed by atoms with van der Waals surface area (Å²) in [7, 11) is 2.74. The summed E-state index contributed by atoms with van der Waals surface area (Å²) in [5, 5.41) is 2.75. The number of amides is 1. The Morgan fingerprint density at radius 1 is 1.11 bits per heavy atom. The molecule has 7 nitrogen and oxygen atoms in total. The first-order valence-corrected chi connectivity index (χ1v) is 8.56. The minimum absolute atomic E-state index is 0.0120. The Morgan fingerprint density at radius 3 is 2.64 bits per heavy atom. The Bertz CT molecular complexity index is 950. The van der Waals surface area contributed by atoms with Crippen LogP contribution < -0.4 is 14.8 Å². The van der Waals surface area contributed by atoms with Gasteiger partial charge < -0.3 is 19.5 Å². The minimum Gasteiger partial charge on any atom is -0.493 e. The van der Waals surface area contributed by atoms with Crippen LogP contribution in [0.5, 0.6) is 11.5 Å². The molecule has 0 unspecified atom stereocenters. The fourth-order valence-corrected chi connectivity index (χ4v) is 2.91. The maximum atomic E-state index is 12.7. The van der Waals surface area contributed by atoms with Crippen molar-refractivity contribution in [3.63, 3.8) is 0 Å². The fraction of sp³-hybridized carbons (Fsp3) is 0.190. The predicted octanol–water partition coefficient (Wildman–Crippen LogP) is 2.91. The average molecular weight is 381 g/mol. The van der Waals surface area contributed by atoms with Crippen LogP contribution in [0.15, 0.2) is 48.5 Å². The molecule has 2 aromatic carbocycles. The van der Waals surface area contributed by atoms with Crippen molar-refractivity contribution in [1.29, 1.82) is 0 Å². The van der Waals surface area contributed by atoms with Gasteiger partial charge in [0.1, 0.15) is 0 Å². The second-order valence-electron chi connectivity index (χ2n) is 6.08. The molecule has 0 saturated carbocycles. The SMILES string of the molecule is COC(=O)/C=C\c1ccc(OC(=O)[C@H]2CC(=O)Nc3ccccc32)c(OC)c1. The molecule has 1 N–H and O–H groups in total. The van der Waals surface area contributed by atoms with Gasteiger partial charge in [0.25, 0.3) is 0 Å². The van der Waals surface area contributed by atoms with Gasteiger partial charge in [-0.2, -0.15) is 0 Å². The van der Waals surface area contributed by atoms with E-state index in [-0.39, 0.29) is 18.1 Å². The number of para-hydroxylation sites is 1. The smallest absolute Gasteiger partial charge is 0.330 e. The molecule has 1 heterocycles. The number of fused-ring (bicyclic) bond motifs is 1. The summed E-state index contributed by atoms with van der Waals surface area (Å²) >= 11 is 0. The Labute approximate surface area is 161 Å². The number of nitrogens with one attached hydrogen (secondary N) is 1. The van der Waals surface area contributed by atoms with Gasteiger partial charge in [0.05, 0.1) is 20.1 Å². The van der Waals surface area contributed by atoms with Gasteiger partial charge in [0.15, 0.2) is 11.5 Å². The number of esters is 2. The van der Waals surface area contributed by atoms with Crippen molar-refractivity contribution in [2.24, 2.45) is 0 Å². The molecule has 1 atom stereocenters. The van der Waals surface area contributed by atoms with E-state index in [4.69, 9.17) is 9.47 Å². The second-order valence-corrected chi connectivity index (χ2v) is 6.08. The van der Waals surface area contributed by atoms with E-state index in [1.54, 1.807) is 48.5 Å². The highest BCUT2D eigenvalue weighted by Crippen LogP contribution is 2.35. The van der Waals surface area contributed by atoms with Gasteiger partial charge in [-0.1, -0.05) is 24.3 Å². The molecule has 0 aliphatic carbocycles. The van der Waals surface area contributed by atoms with Crippen molar-refractivity contribution in [3.05, 3.63) is 59.7 Å². The lowest BCUT2D eigenvalue weighted by molar-refractivity contribution is -0.138. The van der Waals surface area contributed by atoms with E-state index < -0.39 is 17.9 Å². The lowest BCUT2D eigenvalue weighted by atomic mass is 9.91. The molecule has 1 aliphatic rings. The lowest BCUT2D eigenvalue weighted by Gasteiger charge is -2.24. The molecule has 3 rings (SSSR count). The Hall–Kier alpha value is -3.61. The summed E-state index contributed by atoms with van der Waals surface area (Å²) in [6.07, 6.45) is 2.85. The third kappa shape index (κ3) is 4.20. The van der Waals surface area contributed by atoms with E-state index in [1.165, 1.54) is 20.3 Å². The zero-order valence-corrected chi connectivity index (χ0v) is 15.4. The standard InChI is InChI=1S/C21H19NO6/c1-26-18-11-13(8-10-20(24)27-2)7-9-17(18)28-21(25)15-12-19(23)22-16-6-4-3-5-14(15)16/h3-11,15H,12H2,1-2H3,(H,22,23)/b10-8-/t15-/m0/s1. The zero-order chi connectivity index (χ0) is 20.1. The number of benzene rings is 2. The van der Waals surface area contributed by atoms with Gasteiger partial charge in [-0.05, 0) is 35.4 Å². The van der Waals surface area contributed by atoms with Crippen molar-refractivity contribution in [2.75, 3.05) is 19.5 Å². The van der Waals surface area contributed by atoms with Crippen molar-refractivity contribution >= 4 is 29.6 Å². The maximum Gasteiger partial charge on any atom is 0.330 e. The molecule has 0 fully saturated rings. The molecule has 0 bridgehead atoms. The van der Waals surface area contributed by atoms with E-state index in [2.05, 4.69) is 10.1 Å². The number of hydrogen-bond donors (Lipinski definition) is 1. The van der Waals surface area contributed by atoms with Crippen molar-refractivity contribution in [1.82, 2.24) is 0 Å². The van der Waals surface area contributed by atoms with E-state index in [0.29, 0.717) is 22.6 Å². The molecule has 28 heavy (non-hydrogen) atoms. The van der Waals surface area contributed by atoms with Crippen LogP contribution in [0.3, 0.4) is 0 Å². The molecule has 0 saturated heterocycles. The van der Waals surface area contributed by atoms with Crippen LogP contribution in [0.4, 0.5) is 5.69 Å². The summed E-state index contributed by atoms with van der Waals surface area (Å²) in [6, 6.07) is 12.0. The van der Waals surface area contributed by atoms with Crippen LogP contribution in [-0.2, 0) is 19.1 Å². The third-order valence-corrected chi connectivity index (χ3v) is 4.30. The van der Waals surface area contributed by atoms with Crippen LogP contribution in [0.1, 0.15) is 23.5 Å². The largest absolute Gasteiger partial charge is 0.493 e. The molecular formula is C21H19NO6. The fourth-order valence-electron chi connectivity index (χ4n) is 2.91. The zero-order valence-electron chi connectivity index (χ0n) is 15.4. The van der Waals surface area contributed by atoms with Crippen molar-refractivity contribution < 1.29 is 28.6 Å². The number of hydrogen-bond acceptors (Lipinski definition) is 6. The Morgan fingerprint density at radius 2 is 1.89 bits per heavy atom. The molecule has 144 valence electrons. The van der Waals surface area contributed by atoms with Gasteiger partial charge in [0.2, 0.25) is 5.91 Å². The summed E-state index contributed by atoms with van der Waals surface area (Å²) < 4.78 is 15.4. The molecule has 7 heteroatoms. The van der Waals surface area contributed by atoms with Crippen LogP contribution in [0.2, 0.25) is 0 Å². The summed E-state index contributed by atoms with van der Waals surface area (Å²) in [5.74, 6) is -1.41. The maximum absolute atomic E-state index is 12.7. The van der Waals surface area contributed by atoms with Crippen LogP contribution in [0.25, 0.3) is 6.08 Å². The van der Waals surface area contributed by atoms with Gasteiger partial charge >= 0.3 is 11.9 Å². The number of carbonyl (C=O) groups is 3. The molecule has 1 aliphatic heterocycles. The van der Waals surface area contributed by atoms with E-state index in [1.807, 2.05) is 0 Å². The van der Waals surface area contributed by atoms with Crippen molar-refractivity contribution in [3.8, 4) is 11.5 Å². The van der Waals surface area contributed by atoms with Crippen molar-refractivity contribution in [2.45, 2.75) is 12.3 Å². The molecular weight excluding hydrogens is 362 g/mol. The molecule has 0 radical (unpaired) electrons. The quantitative estimate of drug-likeness (QED) is 0.487. The first-order valence-electron chi connectivity index (χ1n) is 8.56. The summed E-state index contributed by atoms with van der Waals surface area (Å²) in [6.45, 7) is 0. The van der Waals surface area contributed by atoms with Gasteiger partial charge in [-0.25, -0.2) is 4.79 Å². The minimum atomic E-state index is -0.700. The van der Waals surface area contributed by atoms with Gasteiger partial charge in [-0.3, -0.25) is 9.59 Å². The third-order valence-electron chi connectivity index (χ3n) is 4.30. The first-order chi connectivity index (χ1) is 13.5. The number of anilines is 1. The van der Waals surface area contributed by atoms with E-state index >= 15 is 0 Å². The predicted molar refractivity (Wildman–Crippen MR) is 102 cm³/mol. The molecule has 1 amide bonds. The second kappa shape index (κ2) is 8.39. The number of rotatable bonds is 5. The highest BCUT2D eigenvalue weighted by molar-refractivity contribution is 6.00. The number of ether oxygens (including phenoxy) is 3. The molecule has 0 aromatic heterocycles. The molecule has 2 aromatic rings. The van der Waals surface area contributed by atoms with E-state index in [0.717, 1.165) is 0 Å². The van der Waals surface area contributed by atoms with Crippen LogP contribution in [0, 0.1) is 0 Å². The monoisotopic (exact) mass is 381 g/mol. The summed E-state index contributed by atoms with van der Waals surface area (Å²) in [5.41, 5.74) is 1.99. The first kappa shape index (κ1) is 19.2. The number of carbonyl (C=O) groups excluding carboxylic acids is 3. The topological polar surface area (TPSA) is 90.9 Å².